The summed E-state index contributed by atoms with van der Waals surface area (Å²) in [4.78, 5) is 13.4. The molecule has 4 rings (SSSR count). The van der Waals surface area contributed by atoms with Gasteiger partial charge in [-0.1, -0.05) is 48.5 Å². The van der Waals surface area contributed by atoms with Crippen molar-refractivity contribution in [2.24, 2.45) is 0 Å². The summed E-state index contributed by atoms with van der Waals surface area (Å²) in [6.07, 6.45) is -4.42. The van der Waals surface area contributed by atoms with E-state index in [1.165, 1.54) is 0 Å². The molecule has 0 heterocycles. The van der Waals surface area contributed by atoms with Crippen LogP contribution in [-0.4, -0.2) is 107 Å². The first-order valence-corrected chi connectivity index (χ1v) is 20.0. The van der Waals surface area contributed by atoms with Gasteiger partial charge in [-0.25, -0.2) is 4.79 Å². The molecule has 0 amide bonds. The number of benzene rings is 4. The predicted molar refractivity (Wildman–Crippen MR) is 228 cm³/mol. The van der Waals surface area contributed by atoms with Crippen molar-refractivity contribution < 1.29 is 58.7 Å². The van der Waals surface area contributed by atoms with Crippen molar-refractivity contribution in [2.75, 3.05) is 39.6 Å². The molecule has 59 heavy (non-hydrogen) atoms. The summed E-state index contributed by atoms with van der Waals surface area (Å²) in [6.45, 7) is 10.9. The molecule has 0 radical (unpaired) electrons. The van der Waals surface area contributed by atoms with E-state index in [4.69, 9.17) is 40.6 Å². The van der Waals surface area contributed by atoms with Crippen molar-refractivity contribution in [2.45, 2.75) is 89.3 Å². The SMILES string of the molecule is CC(O)COc1ccc(C(C)(COC(=O)C(O)CC(=S)OCC(C)(c2ccc(OCC(C)O)cc2)c2ccc(OCC(C)O)cc2)c2ccc(OCC(C)O)cc2)cc1. The first-order valence-electron chi connectivity index (χ1n) is 19.6. The third-order valence-corrected chi connectivity index (χ3v) is 9.87. The first kappa shape index (κ1) is 46.9. The van der Waals surface area contributed by atoms with Crippen molar-refractivity contribution in [1.82, 2.24) is 0 Å². The van der Waals surface area contributed by atoms with Crippen LogP contribution < -0.4 is 18.9 Å². The minimum atomic E-state index is -1.61. The molecule has 13 heteroatoms. The number of carbonyl (C=O) groups excluding carboxylic acids is 1. The van der Waals surface area contributed by atoms with Gasteiger partial charge in [0.25, 0.3) is 0 Å². The fourth-order valence-corrected chi connectivity index (χ4v) is 6.26. The molecule has 5 atom stereocenters. The number of aliphatic hydroxyl groups excluding tert-OH is 5. The lowest BCUT2D eigenvalue weighted by Crippen LogP contribution is -2.35. The third kappa shape index (κ3) is 14.2. The molecule has 0 aromatic heterocycles. The van der Waals surface area contributed by atoms with E-state index in [0.29, 0.717) is 23.0 Å². The average molecular weight is 835 g/mol. The van der Waals surface area contributed by atoms with Crippen LogP contribution in [0.15, 0.2) is 97.1 Å². The Balaban J connectivity index is 1.47. The van der Waals surface area contributed by atoms with Crippen LogP contribution in [0.5, 0.6) is 23.0 Å². The second-order valence-electron chi connectivity index (χ2n) is 15.4. The number of thiocarbonyl (C=S) groups is 1. The number of rotatable bonds is 23. The van der Waals surface area contributed by atoms with Gasteiger partial charge in [0.15, 0.2) is 11.2 Å². The fraction of sp³-hybridized carbons (Fsp3) is 0.435. The number of aliphatic hydroxyl groups is 5. The van der Waals surface area contributed by atoms with Crippen molar-refractivity contribution in [3.05, 3.63) is 119 Å². The Bertz CT molecular complexity index is 1760. The number of carbonyl (C=O) groups is 1. The van der Waals surface area contributed by atoms with Gasteiger partial charge in [0.05, 0.1) is 41.7 Å². The highest BCUT2D eigenvalue weighted by atomic mass is 32.1. The molecule has 0 bridgehead atoms. The smallest absolute Gasteiger partial charge is 0.335 e. The van der Waals surface area contributed by atoms with Crippen LogP contribution in [0.2, 0.25) is 0 Å². The molecule has 0 saturated carbocycles. The summed E-state index contributed by atoms with van der Waals surface area (Å²) in [7, 11) is 0. The van der Waals surface area contributed by atoms with E-state index >= 15 is 0 Å². The summed E-state index contributed by atoms with van der Waals surface area (Å²) < 4.78 is 34.5. The molecule has 4 aromatic rings. The number of hydrogen-bond donors (Lipinski definition) is 5. The van der Waals surface area contributed by atoms with Crippen LogP contribution in [0.3, 0.4) is 0 Å². The molecule has 320 valence electrons. The molecular weight excluding hydrogens is 777 g/mol. The van der Waals surface area contributed by atoms with Crippen LogP contribution in [0, 0.1) is 0 Å². The maximum atomic E-state index is 13.4. The van der Waals surface area contributed by atoms with Gasteiger partial charge in [-0.15, -0.1) is 0 Å². The monoisotopic (exact) mass is 834 g/mol. The molecule has 4 aromatic carbocycles. The topological polar surface area (TPSA) is 174 Å². The maximum absolute atomic E-state index is 13.4. The molecule has 0 saturated heterocycles. The second-order valence-corrected chi connectivity index (χ2v) is 15.8. The predicted octanol–water partition coefficient (Wildman–Crippen LogP) is 5.68. The second kappa shape index (κ2) is 22.0. The highest BCUT2D eigenvalue weighted by Gasteiger charge is 2.34. The van der Waals surface area contributed by atoms with E-state index < -0.39 is 47.3 Å². The zero-order valence-electron chi connectivity index (χ0n) is 34.6. The Morgan fingerprint density at radius 2 is 0.746 bits per heavy atom. The van der Waals surface area contributed by atoms with Crippen molar-refractivity contribution in [3.63, 3.8) is 0 Å². The molecule has 0 aliphatic heterocycles. The van der Waals surface area contributed by atoms with Crippen LogP contribution in [0.4, 0.5) is 0 Å². The van der Waals surface area contributed by atoms with Crippen LogP contribution in [0.25, 0.3) is 0 Å². The van der Waals surface area contributed by atoms with E-state index in [9.17, 15) is 30.3 Å². The van der Waals surface area contributed by atoms with Crippen molar-refractivity contribution in [1.29, 1.82) is 0 Å². The number of esters is 1. The van der Waals surface area contributed by atoms with Gasteiger partial charge < -0.3 is 54.0 Å². The zero-order chi connectivity index (χ0) is 43.2. The quantitative estimate of drug-likeness (QED) is 0.0457. The van der Waals surface area contributed by atoms with Gasteiger partial charge in [0.1, 0.15) is 62.6 Å². The van der Waals surface area contributed by atoms with Gasteiger partial charge in [-0.05, 0) is 125 Å². The summed E-state index contributed by atoms with van der Waals surface area (Å²) in [5.74, 6) is 1.43. The summed E-state index contributed by atoms with van der Waals surface area (Å²) in [6, 6.07) is 29.3. The van der Waals surface area contributed by atoms with Crippen LogP contribution in [-0.2, 0) is 25.1 Å². The molecule has 12 nitrogen and oxygen atoms in total. The van der Waals surface area contributed by atoms with Gasteiger partial charge in [-0.2, -0.15) is 0 Å². The van der Waals surface area contributed by atoms with Crippen molar-refractivity contribution >= 4 is 23.2 Å². The van der Waals surface area contributed by atoms with E-state index in [0.717, 1.165) is 22.3 Å². The summed E-state index contributed by atoms with van der Waals surface area (Å²) >= 11 is 5.55. The minimum absolute atomic E-state index is 0.0118. The van der Waals surface area contributed by atoms with E-state index in [1.807, 2.05) is 86.6 Å². The molecule has 0 aliphatic carbocycles. The maximum Gasteiger partial charge on any atom is 0.335 e. The zero-order valence-corrected chi connectivity index (χ0v) is 35.4. The Labute approximate surface area is 352 Å². The Kier molecular flexibility index (Phi) is 17.5. The molecule has 5 N–H and O–H groups in total. The summed E-state index contributed by atoms with van der Waals surface area (Å²) in [5.41, 5.74) is 1.68. The Morgan fingerprint density at radius 1 is 0.492 bits per heavy atom. The number of hydrogen-bond acceptors (Lipinski definition) is 13. The van der Waals surface area contributed by atoms with E-state index in [2.05, 4.69) is 0 Å². The molecule has 0 aliphatic rings. The van der Waals surface area contributed by atoms with Crippen LogP contribution in [0.1, 0.15) is 70.2 Å². The molecule has 5 unspecified atom stereocenters. The largest absolute Gasteiger partial charge is 0.491 e. The lowest BCUT2D eigenvalue weighted by molar-refractivity contribution is -0.154. The number of ether oxygens (including phenoxy) is 6. The Morgan fingerprint density at radius 3 is 1.00 bits per heavy atom. The first-order chi connectivity index (χ1) is 28.0. The third-order valence-electron chi connectivity index (χ3n) is 9.59. The molecule has 0 fully saturated rings. The van der Waals surface area contributed by atoms with E-state index in [-0.39, 0.29) is 51.1 Å². The normalized spacial score (nSPS) is 15.9. The van der Waals surface area contributed by atoms with Gasteiger partial charge >= 0.3 is 5.97 Å². The molecular formula is C46H58O12S. The highest BCUT2D eigenvalue weighted by molar-refractivity contribution is 7.80. The van der Waals surface area contributed by atoms with Gasteiger partial charge in [0, 0.05) is 0 Å². The van der Waals surface area contributed by atoms with Crippen molar-refractivity contribution in [3.8, 4) is 23.0 Å². The minimum Gasteiger partial charge on any atom is -0.491 e. The van der Waals surface area contributed by atoms with Gasteiger partial charge in [-0.3, -0.25) is 0 Å². The fourth-order valence-electron chi connectivity index (χ4n) is 6.05. The van der Waals surface area contributed by atoms with Gasteiger partial charge in [0.2, 0.25) is 0 Å². The molecule has 0 spiro atoms. The van der Waals surface area contributed by atoms with Crippen LogP contribution >= 0.6 is 12.2 Å². The van der Waals surface area contributed by atoms with E-state index in [1.54, 1.807) is 52.0 Å². The lowest BCUT2D eigenvalue weighted by Gasteiger charge is -2.32. The summed E-state index contributed by atoms with van der Waals surface area (Å²) in [5, 5.41) is 49.6. The Hall–Kier alpha value is -4.76. The highest BCUT2D eigenvalue weighted by Crippen LogP contribution is 2.36. The standard InChI is InChI=1S/C46H58O12S/c1-30(47)24-53-38-15-7-34(8-16-38)45(5,35-9-17-39(18-10-35)54-25-31(2)48)28-57-43(59)23-42(51)44(52)58-29-46(6,36-11-19-40(20-12-36)55-26-32(3)49)37-13-21-41(22-14-37)56-27-33(4)50/h7-22,30-33,42,47-51H,23-29H2,1-6H3. The lowest BCUT2D eigenvalue weighted by atomic mass is 9.77. The average Bonchev–Trinajstić information content (AvgIpc) is 3.22.